The van der Waals surface area contributed by atoms with Crippen LogP contribution in [0.1, 0.15) is 49.0 Å². The standard InChI is InChI=1S/C27H27ClN4O5/c1-15-22-24(31-37-15)23-20(28)11-6-12-21(23)32(26(22)34)18-10-5-9-17(13-18)30-25(33)19(14-29-27(35)36)16-7-3-2-4-8-16/h2-4,6-8,11-12,17-19,29H,5,9-10,13-14H2,1H3,(H,30,33)(H,35,36). The number of hydrogen-bond acceptors (Lipinski definition) is 5. The molecule has 3 unspecified atom stereocenters. The second-order valence-electron chi connectivity index (χ2n) is 9.45. The molecule has 0 saturated heterocycles. The highest BCUT2D eigenvalue weighted by Crippen LogP contribution is 2.35. The molecule has 0 radical (unpaired) electrons. The first kappa shape index (κ1) is 24.8. The van der Waals surface area contributed by atoms with Crippen LogP contribution in [0.2, 0.25) is 5.02 Å². The minimum absolute atomic E-state index is 0.0344. The predicted molar refractivity (Wildman–Crippen MR) is 140 cm³/mol. The highest BCUT2D eigenvalue weighted by atomic mass is 35.5. The van der Waals surface area contributed by atoms with Crippen molar-refractivity contribution in [3.63, 3.8) is 0 Å². The number of nitrogens with one attached hydrogen (secondary N) is 2. The number of rotatable bonds is 6. The highest BCUT2D eigenvalue weighted by molar-refractivity contribution is 6.37. The summed E-state index contributed by atoms with van der Waals surface area (Å²) < 4.78 is 7.13. The Bertz CT molecular complexity index is 1530. The van der Waals surface area contributed by atoms with E-state index < -0.39 is 12.0 Å². The Morgan fingerprint density at radius 1 is 1.16 bits per heavy atom. The van der Waals surface area contributed by atoms with Crippen molar-refractivity contribution in [3.8, 4) is 0 Å². The van der Waals surface area contributed by atoms with E-state index >= 15 is 0 Å². The number of benzene rings is 2. The van der Waals surface area contributed by atoms with Crippen molar-refractivity contribution in [1.29, 1.82) is 0 Å². The second-order valence-corrected chi connectivity index (χ2v) is 9.85. The third-order valence-corrected chi connectivity index (χ3v) is 7.43. The zero-order valence-corrected chi connectivity index (χ0v) is 21.0. The number of carbonyl (C=O) groups is 2. The molecule has 3 N–H and O–H groups in total. The van der Waals surface area contributed by atoms with E-state index in [1.165, 1.54) is 0 Å². The SMILES string of the molecule is Cc1onc2c1c(=O)n(C1CCCC(NC(=O)C(CNC(=O)O)c3ccccc3)C1)c1cccc(Cl)c21. The first-order valence-corrected chi connectivity index (χ1v) is 12.6. The molecule has 0 spiro atoms. The van der Waals surface area contributed by atoms with Gasteiger partial charge in [-0.3, -0.25) is 9.59 Å². The van der Waals surface area contributed by atoms with Gasteiger partial charge in [-0.1, -0.05) is 53.2 Å². The van der Waals surface area contributed by atoms with E-state index in [-0.39, 0.29) is 30.1 Å². The molecule has 10 heteroatoms. The van der Waals surface area contributed by atoms with Gasteiger partial charge in [-0.15, -0.1) is 0 Å². The maximum atomic E-state index is 13.7. The summed E-state index contributed by atoms with van der Waals surface area (Å²) >= 11 is 6.55. The van der Waals surface area contributed by atoms with Crippen molar-refractivity contribution in [2.75, 3.05) is 6.54 Å². The molecule has 0 aliphatic heterocycles. The lowest BCUT2D eigenvalue weighted by molar-refractivity contribution is -0.123. The van der Waals surface area contributed by atoms with Gasteiger partial charge in [0, 0.05) is 24.0 Å². The van der Waals surface area contributed by atoms with Gasteiger partial charge < -0.3 is 24.8 Å². The molecule has 0 bridgehead atoms. The number of halogens is 1. The van der Waals surface area contributed by atoms with Crippen LogP contribution in [0, 0.1) is 6.92 Å². The number of aryl methyl sites for hydroxylation is 1. The fourth-order valence-electron chi connectivity index (χ4n) is 5.40. The summed E-state index contributed by atoms with van der Waals surface area (Å²) in [5.74, 6) is -0.486. The lowest BCUT2D eigenvalue weighted by atomic mass is 9.89. The van der Waals surface area contributed by atoms with Crippen molar-refractivity contribution in [3.05, 3.63) is 75.2 Å². The van der Waals surface area contributed by atoms with E-state index in [1.54, 1.807) is 23.6 Å². The lowest BCUT2D eigenvalue weighted by Gasteiger charge is -2.33. The van der Waals surface area contributed by atoms with Crippen LogP contribution in [-0.2, 0) is 4.79 Å². The third kappa shape index (κ3) is 4.79. The van der Waals surface area contributed by atoms with Crippen molar-refractivity contribution in [1.82, 2.24) is 20.4 Å². The Morgan fingerprint density at radius 3 is 2.70 bits per heavy atom. The van der Waals surface area contributed by atoms with Crippen LogP contribution < -0.4 is 16.2 Å². The molecule has 3 atom stereocenters. The smallest absolute Gasteiger partial charge is 0.404 e. The van der Waals surface area contributed by atoms with Gasteiger partial charge in [-0.2, -0.15) is 0 Å². The van der Waals surface area contributed by atoms with E-state index in [2.05, 4.69) is 15.8 Å². The van der Waals surface area contributed by atoms with Gasteiger partial charge in [0.2, 0.25) is 5.91 Å². The Balaban J connectivity index is 1.45. The Hall–Kier alpha value is -3.85. The first-order valence-electron chi connectivity index (χ1n) is 12.3. The molecule has 1 aliphatic carbocycles. The van der Waals surface area contributed by atoms with Gasteiger partial charge in [-0.05, 0) is 50.3 Å². The van der Waals surface area contributed by atoms with Crippen molar-refractivity contribution in [2.24, 2.45) is 0 Å². The molecule has 2 amide bonds. The van der Waals surface area contributed by atoms with Crippen LogP contribution in [0.3, 0.4) is 0 Å². The van der Waals surface area contributed by atoms with Crippen molar-refractivity contribution >= 4 is 45.4 Å². The number of pyridine rings is 1. The van der Waals surface area contributed by atoms with Crippen LogP contribution in [0.4, 0.5) is 4.79 Å². The summed E-state index contributed by atoms with van der Waals surface area (Å²) in [6, 6.07) is 14.2. The molecule has 4 aromatic rings. The van der Waals surface area contributed by atoms with E-state index in [0.717, 1.165) is 24.8 Å². The summed E-state index contributed by atoms with van der Waals surface area (Å²) in [6.07, 6.45) is 1.71. The topological polar surface area (TPSA) is 126 Å². The average molecular weight is 523 g/mol. The van der Waals surface area contributed by atoms with Crippen molar-refractivity contribution < 1.29 is 19.2 Å². The molecule has 1 aliphatic rings. The van der Waals surface area contributed by atoms with Crippen LogP contribution >= 0.6 is 11.6 Å². The summed E-state index contributed by atoms with van der Waals surface area (Å²) in [5, 5.41) is 20.2. The lowest BCUT2D eigenvalue weighted by Crippen LogP contribution is -2.44. The molecular weight excluding hydrogens is 496 g/mol. The Kier molecular flexibility index (Phi) is 6.88. The highest BCUT2D eigenvalue weighted by Gasteiger charge is 2.30. The van der Waals surface area contributed by atoms with E-state index in [1.807, 2.05) is 36.4 Å². The van der Waals surface area contributed by atoms with Crippen LogP contribution in [-0.4, -0.2) is 39.4 Å². The quantitative estimate of drug-likeness (QED) is 0.335. The number of carboxylic acid groups (broad SMARTS) is 1. The Morgan fingerprint density at radius 2 is 1.95 bits per heavy atom. The largest absolute Gasteiger partial charge is 0.465 e. The van der Waals surface area contributed by atoms with E-state index in [0.29, 0.717) is 39.0 Å². The first-order chi connectivity index (χ1) is 17.8. The van der Waals surface area contributed by atoms with Gasteiger partial charge >= 0.3 is 6.09 Å². The molecule has 9 nitrogen and oxygen atoms in total. The minimum Gasteiger partial charge on any atom is -0.465 e. The number of aromatic nitrogens is 2. The second kappa shape index (κ2) is 10.3. The number of carbonyl (C=O) groups excluding carboxylic acids is 1. The predicted octanol–water partition coefficient (Wildman–Crippen LogP) is 4.76. The molecule has 2 heterocycles. The third-order valence-electron chi connectivity index (χ3n) is 7.12. The van der Waals surface area contributed by atoms with Crippen LogP contribution in [0.5, 0.6) is 0 Å². The monoisotopic (exact) mass is 522 g/mol. The molecular formula is C27H27ClN4O5. The molecule has 2 aromatic heterocycles. The van der Waals surface area contributed by atoms with Crippen molar-refractivity contribution in [2.45, 2.75) is 50.6 Å². The number of hydrogen-bond donors (Lipinski definition) is 3. The Labute approximate surface area is 217 Å². The fourth-order valence-corrected chi connectivity index (χ4v) is 5.66. The summed E-state index contributed by atoms with van der Waals surface area (Å²) in [6.45, 7) is 1.68. The number of fused-ring (bicyclic) bond motifs is 3. The molecule has 1 saturated carbocycles. The zero-order chi connectivity index (χ0) is 26.1. The number of nitrogens with zero attached hydrogens (tertiary/aromatic N) is 2. The van der Waals surface area contributed by atoms with Crippen LogP contribution in [0.25, 0.3) is 21.8 Å². The summed E-state index contributed by atoms with van der Waals surface area (Å²) in [7, 11) is 0. The fraction of sp³-hybridized carbons (Fsp3) is 0.333. The maximum absolute atomic E-state index is 13.7. The molecule has 37 heavy (non-hydrogen) atoms. The van der Waals surface area contributed by atoms with E-state index in [9.17, 15) is 14.4 Å². The van der Waals surface area contributed by atoms with Gasteiger partial charge in [0.05, 0.1) is 16.5 Å². The van der Waals surface area contributed by atoms with Gasteiger partial charge in [-0.25, -0.2) is 4.79 Å². The average Bonchev–Trinajstić information content (AvgIpc) is 3.26. The van der Waals surface area contributed by atoms with Crippen LogP contribution in [0.15, 0.2) is 57.8 Å². The van der Waals surface area contributed by atoms with Gasteiger partial charge in [0.15, 0.2) is 0 Å². The summed E-state index contributed by atoms with van der Waals surface area (Å²) in [4.78, 5) is 38.1. The molecule has 192 valence electrons. The zero-order valence-electron chi connectivity index (χ0n) is 20.2. The number of amides is 2. The van der Waals surface area contributed by atoms with Gasteiger partial charge in [0.25, 0.3) is 5.56 Å². The summed E-state index contributed by atoms with van der Waals surface area (Å²) in [5.41, 5.74) is 1.68. The maximum Gasteiger partial charge on any atom is 0.404 e. The minimum atomic E-state index is -1.18. The van der Waals surface area contributed by atoms with Gasteiger partial charge in [0.1, 0.15) is 16.7 Å². The molecule has 5 rings (SSSR count). The molecule has 1 fully saturated rings. The normalized spacial score (nSPS) is 18.5. The molecule has 2 aromatic carbocycles. The van der Waals surface area contributed by atoms with E-state index in [4.69, 9.17) is 21.2 Å².